The highest BCUT2D eigenvalue weighted by Crippen LogP contribution is 2.34. The van der Waals surface area contributed by atoms with Crippen molar-refractivity contribution in [2.45, 2.75) is 25.6 Å². The number of aliphatic imine (C=N–C) groups is 1. The van der Waals surface area contributed by atoms with E-state index in [1.165, 1.54) is 5.69 Å². The van der Waals surface area contributed by atoms with Crippen LogP contribution in [0.5, 0.6) is 5.88 Å². The van der Waals surface area contributed by atoms with Crippen LogP contribution in [0.4, 0.5) is 11.4 Å². The molecule has 0 saturated carbocycles. The molecule has 6 heteroatoms. The second-order valence-electron chi connectivity index (χ2n) is 7.75. The molecule has 5 rings (SSSR count). The second kappa shape index (κ2) is 7.21. The quantitative estimate of drug-likeness (QED) is 0.654. The van der Waals surface area contributed by atoms with Gasteiger partial charge in [-0.05, 0) is 42.8 Å². The molecule has 0 amide bonds. The molecule has 2 N–H and O–H groups in total. The smallest absolute Gasteiger partial charge is 0.198 e. The number of ether oxygens (including phenoxy) is 2. The number of fused-ring (bicyclic) bond motifs is 1. The summed E-state index contributed by atoms with van der Waals surface area (Å²) in [7, 11) is 0. The topological polar surface area (TPSA) is 70.1 Å². The third-order valence-corrected chi connectivity index (χ3v) is 5.95. The van der Waals surface area contributed by atoms with Gasteiger partial charge in [0.25, 0.3) is 0 Å². The molecule has 150 valence electrons. The maximum atomic E-state index is 10.3. The molecule has 2 saturated heterocycles. The van der Waals surface area contributed by atoms with Crippen LogP contribution in [-0.4, -0.2) is 48.4 Å². The molecule has 0 atom stereocenters. The molecular weight excluding hydrogens is 366 g/mol. The van der Waals surface area contributed by atoms with Crippen molar-refractivity contribution in [1.82, 2.24) is 4.98 Å². The number of aryl methyl sites for hydroxylation is 1. The van der Waals surface area contributed by atoms with Crippen molar-refractivity contribution < 1.29 is 14.6 Å². The summed E-state index contributed by atoms with van der Waals surface area (Å²) >= 11 is 0. The molecule has 2 fully saturated rings. The van der Waals surface area contributed by atoms with Crippen LogP contribution in [0.15, 0.2) is 47.5 Å². The maximum absolute atomic E-state index is 10.3. The highest BCUT2D eigenvalue weighted by Gasteiger charge is 2.39. The van der Waals surface area contributed by atoms with Gasteiger partial charge in [0.2, 0.25) is 0 Å². The van der Waals surface area contributed by atoms with Crippen LogP contribution < -0.4 is 4.90 Å². The van der Waals surface area contributed by atoms with Crippen LogP contribution in [-0.2, 0) is 9.47 Å². The molecule has 2 aliphatic rings. The number of aromatic hydroxyl groups is 1. The van der Waals surface area contributed by atoms with Crippen LogP contribution in [0, 0.1) is 6.92 Å². The maximum Gasteiger partial charge on any atom is 0.198 e. The first-order chi connectivity index (χ1) is 14.1. The first kappa shape index (κ1) is 18.2. The fourth-order valence-electron chi connectivity index (χ4n) is 4.35. The Morgan fingerprint density at radius 2 is 1.79 bits per heavy atom. The minimum absolute atomic E-state index is 0.147. The Hall–Kier alpha value is -2.83. The van der Waals surface area contributed by atoms with Gasteiger partial charge in [-0.2, -0.15) is 0 Å². The van der Waals surface area contributed by atoms with Crippen molar-refractivity contribution in [1.29, 1.82) is 0 Å². The number of anilines is 1. The van der Waals surface area contributed by atoms with Crippen molar-refractivity contribution in [2.24, 2.45) is 4.99 Å². The van der Waals surface area contributed by atoms with Crippen LogP contribution >= 0.6 is 0 Å². The molecule has 29 heavy (non-hydrogen) atoms. The van der Waals surface area contributed by atoms with E-state index in [0.717, 1.165) is 53.6 Å². The number of hydrogen-bond donors (Lipinski definition) is 2. The van der Waals surface area contributed by atoms with E-state index in [1.807, 2.05) is 37.3 Å². The number of aromatic amines is 1. The zero-order chi connectivity index (χ0) is 19.8. The van der Waals surface area contributed by atoms with Crippen molar-refractivity contribution in [3.63, 3.8) is 0 Å². The van der Waals surface area contributed by atoms with E-state index in [1.54, 1.807) is 6.21 Å². The van der Waals surface area contributed by atoms with Gasteiger partial charge in [0.1, 0.15) is 0 Å². The van der Waals surface area contributed by atoms with Gasteiger partial charge in [0.05, 0.1) is 24.5 Å². The standard InChI is InChI=1S/C23H25N3O3/c1-16-3-2-4-20-21(16)19(22(27)25-20)15-24-17-5-7-18(8-6-17)26-11-9-23(10-12-26)28-13-14-29-23/h2-8,15,25,27H,9-14H2,1H3. The number of piperidine rings is 1. The SMILES string of the molecule is Cc1cccc2[nH]c(O)c(C=Nc3ccc(N4CCC5(CC4)OCCO5)cc3)c12. The Labute approximate surface area is 169 Å². The third kappa shape index (κ3) is 3.39. The summed E-state index contributed by atoms with van der Waals surface area (Å²) in [6.45, 7) is 5.29. The summed E-state index contributed by atoms with van der Waals surface area (Å²) in [6, 6.07) is 14.2. The van der Waals surface area contributed by atoms with Gasteiger partial charge < -0.3 is 24.5 Å². The lowest BCUT2D eigenvalue weighted by Crippen LogP contribution is -2.45. The number of nitrogens with one attached hydrogen (secondary N) is 1. The van der Waals surface area contributed by atoms with Crippen molar-refractivity contribution >= 4 is 28.5 Å². The molecule has 0 unspecified atom stereocenters. The molecule has 0 radical (unpaired) electrons. The summed E-state index contributed by atoms with van der Waals surface area (Å²) in [4.78, 5) is 9.96. The summed E-state index contributed by atoms with van der Waals surface area (Å²) in [5, 5.41) is 11.3. The zero-order valence-electron chi connectivity index (χ0n) is 16.5. The van der Waals surface area contributed by atoms with Crippen LogP contribution in [0.3, 0.4) is 0 Å². The second-order valence-corrected chi connectivity index (χ2v) is 7.75. The number of H-pyrrole nitrogens is 1. The first-order valence-electron chi connectivity index (χ1n) is 10.1. The number of rotatable bonds is 3. The number of aromatic nitrogens is 1. The van der Waals surface area contributed by atoms with Gasteiger partial charge in [-0.3, -0.25) is 4.99 Å². The van der Waals surface area contributed by atoms with Gasteiger partial charge in [0, 0.05) is 48.7 Å². The lowest BCUT2D eigenvalue weighted by Gasteiger charge is -2.38. The molecule has 2 aromatic carbocycles. The Balaban J connectivity index is 1.31. The number of hydrogen-bond acceptors (Lipinski definition) is 5. The fraction of sp³-hybridized carbons (Fsp3) is 0.348. The third-order valence-electron chi connectivity index (χ3n) is 5.95. The minimum Gasteiger partial charge on any atom is -0.494 e. The lowest BCUT2D eigenvalue weighted by atomic mass is 10.0. The monoisotopic (exact) mass is 391 g/mol. The van der Waals surface area contributed by atoms with E-state index in [4.69, 9.17) is 9.47 Å². The minimum atomic E-state index is -0.347. The summed E-state index contributed by atoms with van der Waals surface area (Å²) < 4.78 is 11.6. The van der Waals surface area contributed by atoms with E-state index in [0.29, 0.717) is 13.2 Å². The zero-order valence-corrected chi connectivity index (χ0v) is 16.5. The Bertz CT molecular complexity index is 1040. The van der Waals surface area contributed by atoms with Gasteiger partial charge in [-0.1, -0.05) is 12.1 Å². The highest BCUT2D eigenvalue weighted by atomic mass is 16.7. The van der Waals surface area contributed by atoms with E-state index in [9.17, 15) is 5.11 Å². The predicted octanol–water partition coefficient (Wildman–Crippen LogP) is 4.28. The fourth-order valence-corrected chi connectivity index (χ4v) is 4.35. The predicted molar refractivity (Wildman–Crippen MR) is 114 cm³/mol. The normalized spacial score (nSPS) is 19.0. The van der Waals surface area contributed by atoms with Crippen LogP contribution in [0.25, 0.3) is 10.9 Å². The van der Waals surface area contributed by atoms with Gasteiger partial charge >= 0.3 is 0 Å². The number of nitrogens with zero attached hydrogens (tertiary/aromatic N) is 2. The highest BCUT2D eigenvalue weighted by molar-refractivity contribution is 6.04. The van der Waals surface area contributed by atoms with Crippen molar-refractivity contribution in [2.75, 3.05) is 31.2 Å². The molecule has 0 aliphatic carbocycles. The Morgan fingerprint density at radius 3 is 2.52 bits per heavy atom. The summed E-state index contributed by atoms with van der Waals surface area (Å²) in [5.41, 5.74) is 4.78. The van der Waals surface area contributed by atoms with Crippen molar-refractivity contribution in [3.05, 3.63) is 53.6 Å². The van der Waals surface area contributed by atoms with Gasteiger partial charge in [-0.25, -0.2) is 0 Å². The first-order valence-corrected chi connectivity index (χ1v) is 10.1. The van der Waals surface area contributed by atoms with Crippen LogP contribution in [0.1, 0.15) is 24.0 Å². The van der Waals surface area contributed by atoms with E-state index in [-0.39, 0.29) is 11.7 Å². The van der Waals surface area contributed by atoms with E-state index in [2.05, 4.69) is 27.0 Å². The van der Waals surface area contributed by atoms with Crippen molar-refractivity contribution in [3.8, 4) is 5.88 Å². The Kier molecular flexibility index (Phi) is 4.53. The van der Waals surface area contributed by atoms with E-state index >= 15 is 0 Å². The Morgan fingerprint density at radius 1 is 1.07 bits per heavy atom. The van der Waals surface area contributed by atoms with Gasteiger partial charge in [0.15, 0.2) is 11.7 Å². The molecule has 3 aromatic rings. The average molecular weight is 391 g/mol. The van der Waals surface area contributed by atoms with Gasteiger partial charge in [-0.15, -0.1) is 0 Å². The molecule has 0 bridgehead atoms. The lowest BCUT2D eigenvalue weighted by molar-refractivity contribution is -0.169. The molecular formula is C23H25N3O3. The molecule has 1 aromatic heterocycles. The largest absolute Gasteiger partial charge is 0.494 e. The molecule has 3 heterocycles. The van der Waals surface area contributed by atoms with Crippen LogP contribution in [0.2, 0.25) is 0 Å². The average Bonchev–Trinajstić information content (AvgIpc) is 3.32. The molecule has 6 nitrogen and oxygen atoms in total. The summed E-state index contributed by atoms with van der Waals surface area (Å²) in [5.74, 6) is -0.200. The number of benzene rings is 2. The van der Waals surface area contributed by atoms with E-state index < -0.39 is 0 Å². The molecule has 2 aliphatic heterocycles. The molecule has 1 spiro atoms. The summed E-state index contributed by atoms with van der Waals surface area (Å²) in [6.07, 6.45) is 3.52.